The van der Waals surface area contributed by atoms with Crippen molar-refractivity contribution in [1.29, 1.82) is 0 Å². The van der Waals surface area contributed by atoms with Crippen LogP contribution in [-0.4, -0.2) is 16.7 Å². The largest absolute Gasteiger partial charge is 0.344 e. The Labute approximate surface area is 303 Å². The quantitative estimate of drug-likeness (QED) is 0.184. The molecule has 4 heteroatoms. The molecule has 2 heterocycles. The second kappa shape index (κ2) is 13.8. The molecule has 1 aliphatic heterocycles. The summed E-state index contributed by atoms with van der Waals surface area (Å²) < 4.78 is 0. The third-order valence-electron chi connectivity index (χ3n) is 9.52. The molecule has 8 aromatic rings. The summed E-state index contributed by atoms with van der Waals surface area (Å²) in [6.45, 7) is 0. The Morgan fingerprint density at radius 3 is 1.62 bits per heavy atom. The molecule has 52 heavy (non-hydrogen) atoms. The Hall–Kier alpha value is -6.91. The summed E-state index contributed by atoms with van der Waals surface area (Å²) in [5.41, 5.74) is 11.7. The molecule has 0 spiro atoms. The van der Waals surface area contributed by atoms with Gasteiger partial charge in [-0.05, 0) is 62.9 Å². The van der Waals surface area contributed by atoms with Crippen LogP contribution in [0.5, 0.6) is 0 Å². The minimum atomic E-state index is -0.266. The number of hydrogen-bond acceptors (Lipinski definition) is 4. The molecule has 0 saturated heterocycles. The van der Waals surface area contributed by atoms with Crippen molar-refractivity contribution < 1.29 is 0 Å². The van der Waals surface area contributed by atoms with Gasteiger partial charge >= 0.3 is 0 Å². The molecule has 0 fully saturated rings. The number of nitrogens with one attached hydrogen (secondary N) is 1. The van der Waals surface area contributed by atoms with Crippen molar-refractivity contribution in [3.63, 3.8) is 0 Å². The van der Waals surface area contributed by atoms with E-state index in [0.29, 0.717) is 5.84 Å². The summed E-state index contributed by atoms with van der Waals surface area (Å²) in [7, 11) is 0. The molecule has 7 aromatic carbocycles. The third-order valence-corrected chi connectivity index (χ3v) is 9.52. The predicted molar refractivity (Wildman–Crippen MR) is 215 cm³/mol. The van der Waals surface area contributed by atoms with E-state index in [1.807, 2.05) is 42.5 Å². The van der Waals surface area contributed by atoms with Gasteiger partial charge in [-0.15, -0.1) is 0 Å². The average Bonchev–Trinajstić information content (AvgIpc) is 3.24. The van der Waals surface area contributed by atoms with Crippen LogP contribution in [0.3, 0.4) is 0 Å². The van der Waals surface area contributed by atoms with E-state index in [2.05, 4.69) is 157 Å². The van der Waals surface area contributed by atoms with Crippen molar-refractivity contribution in [1.82, 2.24) is 10.3 Å². The molecular formula is C48H34N4. The molecule has 9 rings (SSSR count). The fourth-order valence-electron chi connectivity index (χ4n) is 6.86. The van der Waals surface area contributed by atoms with E-state index in [9.17, 15) is 0 Å². The van der Waals surface area contributed by atoms with Gasteiger partial charge in [0.25, 0.3) is 0 Å². The monoisotopic (exact) mass is 666 g/mol. The zero-order valence-electron chi connectivity index (χ0n) is 28.4. The first-order valence-corrected chi connectivity index (χ1v) is 17.6. The minimum absolute atomic E-state index is 0.266. The summed E-state index contributed by atoms with van der Waals surface area (Å²) in [5, 5.41) is 5.89. The predicted octanol–water partition coefficient (Wildman–Crippen LogP) is 11.4. The SMILES string of the molecule is c1ccc(C2=NC(c3cc(-c4ccc(-c5cc(-c6ccccc6)cc(-c6ccccc6)n5)cc4)c4ccccc4c3)=NC(c3ccccc3)N2)cc1. The number of aliphatic imine (C=N–C) groups is 2. The molecule has 1 atom stereocenters. The standard InChI is InChI=1S/C48H34N4/c1-5-15-33(16-6-1)40-31-44(35-17-7-2-8-18-35)49-45(32-40)36-27-25-34(26-28-36)43-30-41(29-39-23-13-14-24-42(39)43)48-51-46(37-19-9-3-10-20-37)50-47(52-48)38-21-11-4-12-22-38/h1-32,46H,(H,50,51,52). The van der Waals surface area contributed by atoms with Gasteiger partial charge in [0.2, 0.25) is 0 Å². The summed E-state index contributed by atoms with van der Waals surface area (Å²) >= 11 is 0. The van der Waals surface area contributed by atoms with Gasteiger partial charge in [-0.1, -0.05) is 170 Å². The molecule has 0 radical (unpaired) electrons. The van der Waals surface area contributed by atoms with Crippen molar-refractivity contribution in [3.8, 4) is 44.8 Å². The molecule has 0 saturated carbocycles. The Balaban J connectivity index is 1.14. The Bertz CT molecular complexity index is 2500. The van der Waals surface area contributed by atoms with E-state index >= 15 is 0 Å². The lowest BCUT2D eigenvalue weighted by Gasteiger charge is -2.24. The maximum Gasteiger partial charge on any atom is 0.159 e. The van der Waals surface area contributed by atoms with Gasteiger partial charge in [0.15, 0.2) is 5.84 Å². The van der Waals surface area contributed by atoms with Gasteiger partial charge < -0.3 is 5.32 Å². The van der Waals surface area contributed by atoms with Crippen molar-refractivity contribution in [2.24, 2.45) is 9.98 Å². The molecule has 1 unspecified atom stereocenters. The van der Waals surface area contributed by atoms with Crippen LogP contribution in [0, 0.1) is 0 Å². The Morgan fingerprint density at radius 2 is 0.942 bits per heavy atom. The lowest BCUT2D eigenvalue weighted by Crippen LogP contribution is -2.33. The number of amidine groups is 2. The van der Waals surface area contributed by atoms with Crippen molar-refractivity contribution in [3.05, 3.63) is 211 Å². The van der Waals surface area contributed by atoms with Crippen LogP contribution in [0.1, 0.15) is 22.9 Å². The number of hydrogen-bond donors (Lipinski definition) is 1. The van der Waals surface area contributed by atoms with Crippen LogP contribution in [0.15, 0.2) is 204 Å². The number of aromatic nitrogens is 1. The van der Waals surface area contributed by atoms with E-state index in [0.717, 1.165) is 72.7 Å². The first-order valence-electron chi connectivity index (χ1n) is 17.6. The minimum Gasteiger partial charge on any atom is -0.344 e. The fraction of sp³-hybridized carbons (Fsp3) is 0.0208. The number of fused-ring (bicyclic) bond motifs is 1. The summed E-state index contributed by atoms with van der Waals surface area (Å²) in [6, 6.07) is 67.6. The van der Waals surface area contributed by atoms with Crippen molar-refractivity contribution in [2.75, 3.05) is 0 Å². The third kappa shape index (κ3) is 6.30. The number of rotatable bonds is 7. The van der Waals surface area contributed by atoms with Crippen LogP contribution < -0.4 is 5.32 Å². The van der Waals surface area contributed by atoms with Crippen molar-refractivity contribution >= 4 is 22.4 Å². The van der Waals surface area contributed by atoms with Gasteiger partial charge in [0.05, 0.1) is 11.4 Å². The number of pyridine rings is 1. The lowest BCUT2D eigenvalue weighted by molar-refractivity contribution is 0.674. The van der Waals surface area contributed by atoms with E-state index in [1.54, 1.807) is 0 Å². The van der Waals surface area contributed by atoms with Gasteiger partial charge in [-0.3, -0.25) is 0 Å². The normalized spacial score (nSPS) is 14.0. The Kier molecular flexibility index (Phi) is 8.24. The molecule has 246 valence electrons. The van der Waals surface area contributed by atoms with Gasteiger partial charge in [0.1, 0.15) is 12.0 Å². The lowest BCUT2D eigenvalue weighted by atomic mass is 9.94. The van der Waals surface area contributed by atoms with Crippen molar-refractivity contribution in [2.45, 2.75) is 6.17 Å². The number of benzene rings is 7. The summed E-state index contributed by atoms with van der Waals surface area (Å²) in [4.78, 5) is 15.4. The van der Waals surface area contributed by atoms with Gasteiger partial charge in [-0.2, -0.15) is 0 Å². The first kappa shape index (κ1) is 31.1. The average molecular weight is 667 g/mol. The highest BCUT2D eigenvalue weighted by atomic mass is 15.2. The van der Waals surface area contributed by atoms with Crippen LogP contribution >= 0.6 is 0 Å². The molecule has 4 nitrogen and oxygen atoms in total. The molecule has 0 aliphatic carbocycles. The maximum atomic E-state index is 5.17. The van der Waals surface area contributed by atoms with Crippen LogP contribution in [0.2, 0.25) is 0 Å². The first-order chi connectivity index (χ1) is 25.7. The van der Waals surface area contributed by atoms with Gasteiger partial charge in [0, 0.05) is 22.3 Å². The summed E-state index contributed by atoms with van der Waals surface area (Å²) in [5.74, 6) is 1.50. The molecule has 0 bridgehead atoms. The highest BCUT2D eigenvalue weighted by Crippen LogP contribution is 2.35. The topological polar surface area (TPSA) is 49.6 Å². The molecule has 1 aromatic heterocycles. The van der Waals surface area contributed by atoms with Crippen LogP contribution in [0.25, 0.3) is 55.5 Å². The summed E-state index contributed by atoms with van der Waals surface area (Å²) in [6.07, 6.45) is -0.266. The molecular weight excluding hydrogens is 633 g/mol. The zero-order chi connectivity index (χ0) is 34.7. The highest BCUT2D eigenvalue weighted by molar-refractivity contribution is 6.15. The van der Waals surface area contributed by atoms with E-state index in [4.69, 9.17) is 15.0 Å². The number of nitrogens with zero attached hydrogens (tertiary/aromatic N) is 3. The van der Waals surface area contributed by atoms with E-state index < -0.39 is 0 Å². The molecule has 1 aliphatic rings. The molecule has 1 N–H and O–H groups in total. The second-order valence-electron chi connectivity index (χ2n) is 12.9. The second-order valence-corrected chi connectivity index (χ2v) is 12.9. The Morgan fingerprint density at radius 1 is 0.404 bits per heavy atom. The smallest absolute Gasteiger partial charge is 0.159 e. The van der Waals surface area contributed by atoms with Crippen LogP contribution in [-0.2, 0) is 0 Å². The van der Waals surface area contributed by atoms with Crippen LogP contribution in [0.4, 0.5) is 0 Å². The molecule has 0 amide bonds. The maximum absolute atomic E-state index is 5.17. The van der Waals surface area contributed by atoms with Gasteiger partial charge in [-0.25, -0.2) is 15.0 Å². The zero-order valence-corrected chi connectivity index (χ0v) is 28.4. The van der Waals surface area contributed by atoms with E-state index in [1.165, 1.54) is 5.39 Å². The fourth-order valence-corrected chi connectivity index (χ4v) is 6.86. The van der Waals surface area contributed by atoms with E-state index in [-0.39, 0.29) is 6.17 Å². The highest BCUT2D eigenvalue weighted by Gasteiger charge is 2.22.